The molecule has 1 aromatic carbocycles. The minimum atomic E-state index is -0.966. The number of benzene rings is 1. The van der Waals surface area contributed by atoms with E-state index in [-0.39, 0.29) is 19.6 Å². The first kappa shape index (κ1) is 14.8. The van der Waals surface area contributed by atoms with Crippen molar-refractivity contribution >= 4 is 39.4 Å². The molecule has 1 amide bonds. The minimum absolute atomic E-state index is 0.0750. The molecular weight excluding hydrogens is 325 g/mol. The van der Waals surface area contributed by atoms with Gasteiger partial charge in [-0.05, 0) is 18.2 Å². The fourth-order valence-corrected chi connectivity index (χ4v) is 1.82. The largest absolute Gasteiger partial charge is 0.482 e. The molecule has 0 aliphatic rings. The summed E-state index contributed by atoms with van der Waals surface area (Å²) in [5, 5.41) is 11.2. The number of rotatable bonds is 6. The number of ether oxygens (including phenoxy) is 1. The number of carboxylic acids is 1. The van der Waals surface area contributed by atoms with E-state index in [2.05, 4.69) is 21.2 Å². The summed E-state index contributed by atoms with van der Waals surface area (Å²) < 4.78 is 6.01. The highest BCUT2D eigenvalue weighted by atomic mass is 79.9. The normalized spacial score (nSPS) is 9.89. The van der Waals surface area contributed by atoms with Crippen molar-refractivity contribution in [2.45, 2.75) is 6.42 Å². The van der Waals surface area contributed by atoms with E-state index in [1.165, 1.54) is 0 Å². The van der Waals surface area contributed by atoms with Crippen LogP contribution >= 0.6 is 27.5 Å². The van der Waals surface area contributed by atoms with Gasteiger partial charge in [0.25, 0.3) is 5.91 Å². The van der Waals surface area contributed by atoms with Crippen LogP contribution in [0.5, 0.6) is 5.75 Å². The van der Waals surface area contributed by atoms with Crippen LogP contribution in [0.1, 0.15) is 6.42 Å². The summed E-state index contributed by atoms with van der Waals surface area (Å²) in [7, 11) is 0. The summed E-state index contributed by atoms with van der Waals surface area (Å²) in [6.45, 7) is -0.132. The Bertz CT molecular complexity index is 453. The molecule has 0 bridgehead atoms. The molecule has 1 rings (SSSR count). The predicted molar refractivity (Wildman–Crippen MR) is 69.9 cm³/mol. The van der Waals surface area contributed by atoms with Gasteiger partial charge in [-0.15, -0.1) is 0 Å². The van der Waals surface area contributed by atoms with Crippen LogP contribution in [0.3, 0.4) is 0 Å². The maximum atomic E-state index is 11.3. The molecule has 98 valence electrons. The Morgan fingerprint density at radius 1 is 1.44 bits per heavy atom. The summed E-state index contributed by atoms with van der Waals surface area (Å²) in [4.78, 5) is 21.5. The van der Waals surface area contributed by atoms with Crippen LogP contribution in [-0.2, 0) is 9.59 Å². The summed E-state index contributed by atoms with van der Waals surface area (Å²) >= 11 is 9.14. The van der Waals surface area contributed by atoms with Gasteiger partial charge in [-0.2, -0.15) is 0 Å². The van der Waals surface area contributed by atoms with E-state index < -0.39 is 11.9 Å². The zero-order valence-corrected chi connectivity index (χ0v) is 11.6. The lowest BCUT2D eigenvalue weighted by Gasteiger charge is -2.08. The number of aliphatic carboxylic acids is 1. The van der Waals surface area contributed by atoms with E-state index >= 15 is 0 Å². The van der Waals surface area contributed by atoms with Gasteiger partial charge < -0.3 is 15.2 Å². The second-order valence-electron chi connectivity index (χ2n) is 3.36. The number of nitrogens with one attached hydrogen (secondary N) is 1. The van der Waals surface area contributed by atoms with Crippen molar-refractivity contribution in [1.29, 1.82) is 0 Å². The van der Waals surface area contributed by atoms with Crippen LogP contribution in [0, 0.1) is 0 Å². The average molecular weight is 337 g/mol. The minimum Gasteiger partial charge on any atom is -0.482 e. The molecule has 0 fully saturated rings. The van der Waals surface area contributed by atoms with E-state index in [9.17, 15) is 9.59 Å². The summed E-state index contributed by atoms with van der Waals surface area (Å²) in [5.41, 5.74) is 0. The molecule has 0 unspecified atom stereocenters. The molecule has 0 aliphatic heterocycles. The van der Waals surface area contributed by atoms with Gasteiger partial charge >= 0.3 is 5.97 Å². The first-order chi connectivity index (χ1) is 8.49. The predicted octanol–water partition coefficient (Wildman–Crippen LogP) is 2.07. The number of hydrogen-bond acceptors (Lipinski definition) is 3. The molecule has 0 heterocycles. The van der Waals surface area contributed by atoms with Crippen molar-refractivity contribution in [2.75, 3.05) is 13.2 Å². The van der Waals surface area contributed by atoms with E-state index in [0.29, 0.717) is 10.8 Å². The average Bonchev–Trinajstić information content (AvgIpc) is 2.27. The third kappa shape index (κ3) is 5.37. The molecule has 18 heavy (non-hydrogen) atoms. The van der Waals surface area contributed by atoms with Crippen LogP contribution < -0.4 is 10.1 Å². The molecule has 5 nitrogen and oxygen atoms in total. The molecule has 0 aliphatic carbocycles. The second-order valence-corrected chi connectivity index (χ2v) is 4.68. The van der Waals surface area contributed by atoms with Crippen LogP contribution in [0.15, 0.2) is 22.7 Å². The molecule has 0 spiro atoms. The SMILES string of the molecule is O=C(O)CCNC(=O)COc1ccc(Br)cc1Cl. The maximum absolute atomic E-state index is 11.3. The van der Waals surface area contributed by atoms with Crippen LogP contribution in [0.4, 0.5) is 0 Å². The first-order valence-electron chi connectivity index (χ1n) is 5.05. The molecule has 0 saturated heterocycles. The lowest BCUT2D eigenvalue weighted by Crippen LogP contribution is -2.30. The lowest BCUT2D eigenvalue weighted by atomic mass is 10.3. The van der Waals surface area contributed by atoms with Crippen LogP contribution in [0.25, 0.3) is 0 Å². The van der Waals surface area contributed by atoms with Gasteiger partial charge in [0.1, 0.15) is 5.75 Å². The van der Waals surface area contributed by atoms with Crippen molar-refractivity contribution < 1.29 is 19.4 Å². The van der Waals surface area contributed by atoms with Gasteiger partial charge in [-0.1, -0.05) is 27.5 Å². The fourth-order valence-electron chi connectivity index (χ4n) is 1.10. The number of amides is 1. The van der Waals surface area contributed by atoms with Crippen molar-refractivity contribution in [3.63, 3.8) is 0 Å². The van der Waals surface area contributed by atoms with Gasteiger partial charge in [0.15, 0.2) is 6.61 Å². The van der Waals surface area contributed by atoms with Crippen LogP contribution in [0.2, 0.25) is 5.02 Å². The van der Waals surface area contributed by atoms with E-state index in [1.807, 2.05) is 0 Å². The lowest BCUT2D eigenvalue weighted by molar-refractivity contribution is -0.137. The number of halogens is 2. The smallest absolute Gasteiger partial charge is 0.305 e. The van der Waals surface area contributed by atoms with E-state index in [4.69, 9.17) is 21.4 Å². The zero-order chi connectivity index (χ0) is 13.5. The van der Waals surface area contributed by atoms with Gasteiger partial charge in [0.2, 0.25) is 0 Å². The van der Waals surface area contributed by atoms with Gasteiger partial charge in [0.05, 0.1) is 11.4 Å². The van der Waals surface area contributed by atoms with Crippen LogP contribution in [-0.4, -0.2) is 30.1 Å². The summed E-state index contributed by atoms with van der Waals surface area (Å²) in [5.74, 6) is -0.962. The quantitative estimate of drug-likeness (QED) is 0.834. The molecule has 2 N–H and O–H groups in total. The molecule has 0 aromatic heterocycles. The number of carbonyl (C=O) groups is 2. The van der Waals surface area contributed by atoms with Gasteiger partial charge in [-0.25, -0.2) is 0 Å². The Kier molecular flexibility index (Phi) is 5.94. The highest BCUT2D eigenvalue weighted by Gasteiger charge is 2.06. The summed E-state index contributed by atoms with van der Waals surface area (Å²) in [6, 6.07) is 5.03. The van der Waals surface area contributed by atoms with Crippen molar-refractivity contribution in [3.05, 3.63) is 27.7 Å². The Labute approximate surface area is 117 Å². The Hall–Kier alpha value is -1.27. The molecule has 1 aromatic rings. The standard InChI is InChI=1S/C11H11BrClNO4/c12-7-1-2-9(8(13)5-7)18-6-10(15)14-4-3-11(16)17/h1-2,5H,3-4,6H2,(H,14,15)(H,16,17). The topological polar surface area (TPSA) is 75.6 Å². The maximum Gasteiger partial charge on any atom is 0.305 e. The van der Waals surface area contributed by atoms with E-state index in [0.717, 1.165) is 4.47 Å². The molecule has 0 radical (unpaired) electrons. The fraction of sp³-hybridized carbons (Fsp3) is 0.273. The van der Waals surface area contributed by atoms with Crippen molar-refractivity contribution in [2.24, 2.45) is 0 Å². The highest BCUT2D eigenvalue weighted by molar-refractivity contribution is 9.10. The Morgan fingerprint density at radius 3 is 2.78 bits per heavy atom. The van der Waals surface area contributed by atoms with E-state index in [1.54, 1.807) is 18.2 Å². The monoisotopic (exact) mass is 335 g/mol. The highest BCUT2D eigenvalue weighted by Crippen LogP contribution is 2.27. The van der Waals surface area contributed by atoms with Gasteiger partial charge in [-0.3, -0.25) is 9.59 Å². The number of carboxylic acid groups (broad SMARTS) is 1. The number of hydrogen-bond donors (Lipinski definition) is 2. The molecule has 0 saturated carbocycles. The Morgan fingerprint density at radius 2 is 2.17 bits per heavy atom. The van der Waals surface area contributed by atoms with Crippen molar-refractivity contribution in [1.82, 2.24) is 5.32 Å². The zero-order valence-electron chi connectivity index (χ0n) is 9.28. The van der Waals surface area contributed by atoms with Gasteiger partial charge in [0, 0.05) is 11.0 Å². The molecule has 7 heteroatoms. The third-order valence-corrected chi connectivity index (χ3v) is 2.70. The Balaban J connectivity index is 2.36. The summed E-state index contributed by atoms with van der Waals surface area (Å²) in [6.07, 6.45) is -0.120. The second kappa shape index (κ2) is 7.23. The molecule has 0 atom stereocenters. The third-order valence-electron chi connectivity index (χ3n) is 1.91. The van der Waals surface area contributed by atoms with Crippen molar-refractivity contribution in [3.8, 4) is 5.75 Å². The molecular formula is C11H11BrClNO4. The first-order valence-corrected chi connectivity index (χ1v) is 6.22. The number of carbonyl (C=O) groups excluding carboxylic acids is 1.